The van der Waals surface area contributed by atoms with Crippen molar-refractivity contribution in [3.05, 3.63) is 63.6 Å². The Morgan fingerprint density at radius 2 is 1.97 bits per heavy atom. The number of nitrogens with zero attached hydrogens (tertiary/aromatic N) is 2. The van der Waals surface area contributed by atoms with Crippen molar-refractivity contribution >= 4 is 34.8 Å². The molecule has 4 rings (SSSR count). The summed E-state index contributed by atoms with van der Waals surface area (Å²) in [6, 6.07) is 15.7. The van der Waals surface area contributed by atoms with Crippen molar-refractivity contribution < 1.29 is 4.79 Å². The predicted molar refractivity (Wildman–Crippen MR) is 116 cm³/mol. The van der Waals surface area contributed by atoms with Crippen LogP contribution < -0.4 is 5.32 Å². The number of carbonyl (C=O) groups is 1. The number of anilines is 1. The van der Waals surface area contributed by atoms with Crippen LogP contribution in [0.1, 0.15) is 36.8 Å². The Kier molecular flexibility index (Phi) is 5.83. The van der Waals surface area contributed by atoms with Gasteiger partial charge in [0.1, 0.15) is 0 Å². The number of likely N-dealkylation sites (tertiary alicyclic amines) is 1. The van der Waals surface area contributed by atoms with E-state index in [0.29, 0.717) is 23.1 Å². The standard InChI is InChI=1S/C23H23Cl2N3O/c24-19-6-3-16(21(25)12-19)13-28-11-1-2-17(14-28)22(29)27-20-7-4-18(5-8-20)23(15-26)9-10-23/h3-8,12,17H,1-2,9-11,13-14H2,(H,27,29)/t17-/m0/s1. The quantitative estimate of drug-likeness (QED) is 0.694. The molecular weight excluding hydrogens is 405 g/mol. The lowest BCUT2D eigenvalue weighted by Crippen LogP contribution is -2.40. The summed E-state index contributed by atoms with van der Waals surface area (Å²) in [5.41, 5.74) is 2.56. The molecule has 1 atom stereocenters. The van der Waals surface area contributed by atoms with E-state index in [9.17, 15) is 10.1 Å². The molecule has 0 radical (unpaired) electrons. The molecule has 1 N–H and O–H groups in total. The van der Waals surface area contributed by atoms with Crippen molar-refractivity contribution in [3.63, 3.8) is 0 Å². The number of halogens is 2. The minimum Gasteiger partial charge on any atom is -0.326 e. The van der Waals surface area contributed by atoms with E-state index in [2.05, 4.69) is 16.3 Å². The molecule has 1 aliphatic heterocycles. The Hall–Kier alpha value is -2.06. The van der Waals surface area contributed by atoms with Gasteiger partial charge in [0, 0.05) is 28.8 Å². The molecule has 4 nitrogen and oxygen atoms in total. The third-order valence-corrected chi connectivity index (χ3v) is 6.54. The molecule has 2 aromatic rings. The number of hydrogen-bond acceptors (Lipinski definition) is 3. The zero-order valence-corrected chi connectivity index (χ0v) is 17.6. The van der Waals surface area contributed by atoms with Crippen LogP contribution in [0.3, 0.4) is 0 Å². The van der Waals surface area contributed by atoms with Gasteiger partial charge in [-0.25, -0.2) is 0 Å². The molecular formula is C23H23Cl2N3O. The van der Waals surface area contributed by atoms with Crippen LogP contribution in [-0.4, -0.2) is 23.9 Å². The van der Waals surface area contributed by atoms with Gasteiger partial charge in [0.05, 0.1) is 17.4 Å². The van der Waals surface area contributed by atoms with Crippen LogP contribution in [0.2, 0.25) is 10.0 Å². The second kappa shape index (κ2) is 8.36. The van der Waals surface area contributed by atoms with Gasteiger partial charge in [-0.3, -0.25) is 9.69 Å². The Labute approximate surface area is 181 Å². The molecule has 0 bridgehead atoms. The summed E-state index contributed by atoms with van der Waals surface area (Å²) in [7, 11) is 0. The summed E-state index contributed by atoms with van der Waals surface area (Å²) in [6.07, 6.45) is 3.70. The maximum absolute atomic E-state index is 12.8. The molecule has 1 amide bonds. The van der Waals surface area contributed by atoms with Gasteiger partial charge < -0.3 is 5.32 Å². The average molecular weight is 428 g/mol. The number of benzene rings is 2. The fourth-order valence-corrected chi connectivity index (χ4v) is 4.48. The minimum atomic E-state index is -0.296. The molecule has 1 saturated heterocycles. The van der Waals surface area contributed by atoms with E-state index >= 15 is 0 Å². The van der Waals surface area contributed by atoms with E-state index < -0.39 is 0 Å². The van der Waals surface area contributed by atoms with Gasteiger partial charge in [-0.05, 0) is 67.6 Å². The van der Waals surface area contributed by atoms with Crippen LogP contribution in [-0.2, 0) is 16.8 Å². The fraction of sp³-hybridized carbons (Fsp3) is 0.391. The van der Waals surface area contributed by atoms with Crippen LogP contribution in [0.4, 0.5) is 5.69 Å². The largest absolute Gasteiger partial charge is 0.326 e. The summed E-state index contributed by atoms with van der Waals surface area (Å²) < 4.78 is 0. The van der Waals surface area contributed by atoms with Crippen molar-refractivity contribution in [2.24, 2.45) is 5.92 Å². The second-order valence-electron chi connectivity index (χ2n) is 8.07. The maximum atomic E-state index is 12.8. The van der Waals surface area contributed by atoms with Gasteiger partial charge in [-0.15, -0.1) is 0 Å². The first-order valence-corrected chi connectivity index (χ1v) is 10.7. The zero-order chi connectivity index (χ0) is 20.4. The molecule has 0 aromatic heterocycles. The first-order valence-electron chi connectivity index (χ1n) is 9.98. The van der Waals surface area contributed by atoms with E-state index in [-0.39, 0.29) is 17.2 Å². The lowest BCUT2D eigenvalue weighted by atomic mass is 9.96. The van der Waals surface area contributed by atoms with Gasteiger partial charge in [-0.2, -0.15) is 5.26 Å². The molecule has 2 aromatic carbocycles. The van der Waals surface area contributed by atoms with Crippen molar-refractivity contribution in [1.29, 1.82) is 5.26 Å². The van der Waals surface area contributed by atoms with Crippen LogP contribution in [0.5, 0.6) is 0 Å². The van der Waals surface area contributed by atoms with Crippen molar-refractivity contribution in [2.45, 2.75) is 37.6 Å². The Bertz CT molecular complexity index is 948. The minimum absolute atomic E-state index is 0.0473. The third kappa shape index (κ3) is 4.59. The second-order valence-corrected chi connectivity index (χ2v) is 8.91. The SMILES string of the molecule is N#CC1(c2ccc(NC(=O)[C@H]3CCCN(Cc4ccc(Cl)cc4Cl)C3)cc2)CC1. The number of piperidine rings is 1. The van der Waals surface area contributed by atoms with Gasteiger partial charge in [0.25, 0.3) is 0 Å². The van der Waals surface area contributed by atoms with Crippen LogP contribution in [0.15, 0.2) is 42.5 Å². The van der Waals surface area contributed by atoms with Crippen molar-refractivity contribution in [1.82, 2.24) is 4.90 Å². The number of nitriles is 1. The molecule has 0 spiro atoms. The van der Waals surface area contributed by atoms with Gasteiger partial charge in [-0.1, -0.05) is 41.4 Å². The molecule has 1 aliphatic carbocycles. The van der Waals surface area contributed by atoms with E-state index in [1.54, 1.807) is 6.07 Å². The predicted octanol–water partition coefficient (Wildman–Crippen LogP) is 5.40. The molecule has 1 heterocycles. The number of hydrogen-bond donors (Lipinski definition) is 1. The monoisotopic (exact) mass is 427 g/mol. The van der Waals surface area contributed by atoms with Gasteiger partial charge >= 0.3 is 0 Å². The molecule has 2 aliphatic rings. The van der Waals surface area contributed by atoms with Crippen molar-refractivity contribution in [3.8, 4) is 6.07 Å². The Balaban J connectivity index is 1.35. The summed E-state index contributed by atoms with van der Waals surface area (Å²) >= 11 is 12.3. The average Bonchev–Trinajstić information content (AvgIpc) is 3.52. The highest BCUT2D eigenvalue weighted by Gasteiger charge is 2.44. The highest BCUT2D eigenvalue weighted by Crippen LogP contribution is 2.47. The highest BCUT2D eigenvalue weighted by atomic mass is 35.5. The summed E-state index contributed by atoms with van der Waals surface area (Å²) in [4.78, 5) is 15.1. The fourth-order valence-electron chi connectivity index (χ4n) is 4.01. The van der Waals surface area contributed by atoms with Gasteiger partial charge in [0.2, 0.25) is 5.91 Å². The zero-order valence-electron chi connectivity index (χ0n) is 16.1. The molecule has 1 saturated carbocycles. The summed E-state index contributed by atoms with van der Waals surface area (Å²) in [6.45, 7) is 2.37. The number of nitrogens with one attached hydrogen (secondary N) is 1. The lowest BCUT2D eigenvalue weighted by molar-refractivity contribution is -0.121. The number of rotatable bonds is 5. The third-order valence-electron chi connectivity index (χ3n) is 5.95. The normalized spacial score (nSPS) is 20.7. The smallest absolute Gasteiger partial charge is 0.228 e. The maximum Gasteiger partial charge on any atom is 0.228 e. The van der Waals surface area contributed by atoms with Crippen LogP contribution in [0.25, 0.3) is 0 Å². The van der Waals surface area contributed by atoms with E-state index in [4.69, 9.17) is 23.2 Å². The Morgan fingerprint density at radius 1 is 1.21 bits per heavy atom. The number of amides is 1. The van der Waals surface area contributed by atoms with Crippen LogP contribution in [0, 0.1) is 17.2 Å². The van der Waals surface area contributed by atoms with E-state index in [1.165, 1.54) is 0 Å². The molecule has 2 fully saturated rings. The van der Waals surface area contributed by atoms with E-state index in [0.717, 1.165) is 49.0 Å². The summed E-state index contributed by atoms with van der Waals surface area (Å²) in [5, 5.41) is 13.6. The topological polar surface area (TPSA) is 56.1 Å². The van der Waals surface area contributed by atoms with Crippen molar-refractivity contribution in [2.75, 3.05) is 18.4 Å². The first kappa shape index (κ1) is 20.2. The summed E-state index contributed by atoms with van der Waals surface area (Å²) in [5.74, 6) is -0.00513. The van der Waals surface area contributed by atoms with E-state index in [1.807, 2.05) is 36.4 Å². The highest BCUT2D eigenvalue weighted by molar-refractivity contribution is 6.35. The Morgan fingerprint density at radius 3 is 2.62 bits per heavy atom. The molecule has 6 heteroatoms. The molecule has 150 valence electrons. The van der Waals surface area contributed by atoms with Gasteiger partial charge in [0.15, 0.2) is 0 Å². The first-order chi connectivity index (χ1) is 14.0. The number of carbonyl (C=O) groups excluding carboxylic acids is 1. The lowest BCUT2D eigenvalue weighted by Gasteiger charge is -2.32. The van der Waals surface area contributed by atoms with Crippen LogP contribution >= 0.6 is 23.2 Å². The molecule has 29 heavy (non-hydrogen) atoms. The molecule has 0 unspecified atom stereocenters.